The second-order valence-electron chi connectivity index (χ2n) is 9.74. The van der Waals surface area contributed by atoms with Crippen LogP contribution in [0.5, 0.6) is 0 Å². The number of carbonyl (C=O) groups is 2. The molecule has 0 aliphatic carbocycles. The van der Waals surface area contributed by atoms with Gasteiger partial charge in [0.05, 0.1) is 21.2 Å². The fourth-order valence-electron chi connectivity index (χ4n) is 4.02. The molecule has 0 spiro atoms. The molecule has 0 radical (unpaired) electrons. The summed E-state index contributed by atoms with van der Waals surface area (Å²) >= 11 is 18.2. The number of halogens is 6. The Morgan fingerprint density at radius 3 is 2.16 bits per heavy atom. The normalized spacial score (nSPS) is 13.2. The summed E-state index contributed by atoms with van der Waals surface area (Å²) in [6.45, 7) is 3.93. The van der Waals surface area contributed by atoms with Crippen molar-refractivity contribution in [2.45, 2.75) is 56.9 Å². The van der Waals surface area contributed by atoms with Gasteiger partial charge in [0, 0.05) is 22.6 Å². The first-order chi connectivity index (χ1) is 20.1. The largest absolute Gasteiger partial charge is 0.417 e. The van der Waals surface area contributed by atoms with Crippen LogP contribution < -0.4 is 9.62 Å². The molecule has 1 N–H and O–H groups in total. The van der Waals surface area contributed by atoms with Gasteiger partial charge in [-0.25, -0.2) is 8.42 Å². The van der Waals surface area contributed by atoms with Gasteiger partial charge >= 0.3 is 6.18 Å². The number of nitrogens with one attached hydrogen (secondary N) is 1. The fraction of sp³-hybridized carbons (Fsp3) is 0.310. The summed E-state index contributed by atoms with van der Waals surface area (Å²) in [5.41, 5.74) is -1.32. The van der Waals surface area contributed by atoms with E-state index in [1.807, 2.05) is 6.92 Å². The Hall–Kier alpha value is -2.99. The van der Waals surface area contributed by atoms with E-state index in [9.17, 15) is 31.2 Å². The van der Waals surface area contributed by atoms with E-state index in [2.05, 4.69) is 5.32 Å². The molecule has 232 valence electrons. The van der Waals surface area contributed by atoms with Gasteiger partial charge in [-0.15, -0.1) is 0 Å². The molecule has 3 aromatic rings. The molecule has 7 nitrogen and oxygen atoms in total. The second kappa shape index (κ2) is 14.2. The molecule has 0 aromatic heterocycles. The van der Waals surface area contributed by atoms with Crippen LogP contribution in [-0.4, -0.2) is 43.8 Å². The van der Waals surface area contributed by atoms with Crippen molar-refractivity contribution in [3.63, 3.8) is 0 Å². The van der Waals surface area contributed by atoms with Gasteiger partial charge in [-0.1, -0.05) is 66.0 Å². The van der Waals surface area contributed by atoms with Crippen LogP contribution in [-0.2, 0) is 32.3 Å². The first-order valence-electron chi connectivity index (χ1n) is 13.0. The molecule has 0 bridgehead atoms. The van der Waals surface area contributed by atoms with E-state index in [1.54, 1.807) is 19.1 Å². The molecule has 0 saturated carbocycles. The summed E-state index contributed by atoms with van der Waals surface area (Å²) in [6.07, 6.45) is -4.30. The lowest BCUT2D eigenvalue weighted by molar-refractivity contribution is -0.139. The number of rotatable bonds is 11. The van der Waals surface area contributed by atoms with E-state index in [-0.39, 0.29) is 22.5 Å². The minimum Gasteiger partial charge on any atom is -0.352 e. The third-order valence-electron chi connectivity index (χ3n) is 6.68. The van der Waals surface area contributed by atoms with Gasteiger partial charge in [-0.2, -0.15) is 13.2 Å². The molecular formula is C29H29Cl3F3N3O4S. The van der Waals surface area contributed by atoms with Crippen LogP contribution >= 0.6 is 34.8 Å². The van der Waals surface area contributed by atoms with Crippen molar-refractivity contribution in [1.29, 1.82) is 0 Å². The molecule has 43 heavy (non-hydrogen) atoms. The Bertz CT molecular complexity index is 1570. The zero-order valence-corrected chi connectivity index (χ0v) is 26.4. The first kappa shape index (κ1) is 34.5. The number of hydrogen-bond acceptors (Lipinski definition) is 4. The van der Waals surface area contributed by atoms with Crippen molar-refractivity contribution in [2.24, 2.45) is 0 Å². The Morgan fingerprint density at radius 2 is 1.58 bits per heavy atom. The minimum absolute atomic E-state index is 0.195. The van der Waals surface area contributed by atoms with Crippen LogP contribution in [0.2, 0.25) is 15.1 Å². The molecule has 2 atom stereocenters. The van der Waals surface area contributed by atoms with Crippen molar-refractivity contribution in [1.82, 2.24) is 10.2 Å². The Morgan fingerprint density at radius 1 is 0.930 bits per heavy atom. The summed E-state index contributed by atoms with van der Waals surface area (Å²) in [5.74, 6) is -1.39. The van der Waals surface area contributed by atoms with Gasteiger partial charge in [-0.3, -0.25) is 13.9 Å². The van der Waals surface area contributed by atoms with E-state index in [4.69, 9.17) is 34.8 Å². The van der Waals surface area contributed by atoms with Crippen LogP contribution in [0, 0.1) is 0 Å². The van der Waals surface area contributed by atoms with Gasteiger partial charge in [-0.05, 0) is 68.3 Å². The van der Waals surface area contributed by atoms with Gasteiger partial charge in [0.1, 0.15) is 12.6 Å². The fourth-order valence-corrected chi connectivity index (χ4v) is 6.14. The van der Waals surface area contributed by atoms with E-state index in [1.165, 1.54) is 43.3 Å². The Balaban J connectivity index is 2.13. The van der Waals surface area contributed by atoms with Crippen molar-refractivity contribution in [2.75, 3.05) is 10.8 Å². The molecule has 2 amide bonds. The molecule has 0 heterocycles. The quantitative estimate of drug-likeness (QED) is 0.233. The summed E-state index contributed by atoms with van der Waals surface area (Å²) in [5, 5.41) is 2.67. The first-order valence-corrected chi connectivity index (χ1v) is 15.6. The van der Waals surface area contributed by atoms with Crippen molar-refractivity contribution in [3.8, 4) is 0 Å². The lowest BCUT2D eigenvalue weighted by atomic mass is 10.1. The zero-order valence-electron chi connectivity index (χ0n) is 23.3. The molecule has 0 aliphatic heterocycles. The predicted octanol–water partition coefficient (Wildman–Crippen LogP) is 7.19. The summed E-state index contributed by atoms with van der Waals surface area (Å²) in [4.78, 5) is 27.9. The van der Waals surface area contributed by atoms with Crippen molar-refractivity contribution < 1.29 is 31.2 Å². The number of hydrogen-bond donors (Lipinski definition) is 1. The number of amides is 2. The smallest absolute Gasteiger partial charge is 0.352 e. The standard InChI is InChI=1S/C29H29Cl3F3N3O4S/c1-4-18(2)36-28(40)19(3)37(16-20-10-11-21(30)14-26(20)32)27(39)17-38(43(41,42)23-8-6-5-7-9-23)22-12-13-25(31)24(15-22)29(33,34)35/h5-15,18-19H,4,16-17H2,1-3H3,(H,36,40)/t18-,19+/m0/s1. The average molecular weight is 679 g/mol. The maximum Gasteiger partial charge on any atom is 0.417 e. The van der Waals surface area contributed by atoms with Crippen LogP contribution in [0.15, 0.2) is 71.6 Å². The number of nitrogens with zero attached hydrogens (tertiary/aromatic N) is 2. The summed E-state index contributed by atoms with van der Waals surface area (Å²) in [7, 11) is -4.58. The molecular weight excluding hydrogens is 650 g/mol. The number of carbonyl (C=O) groups excluding carboxylic acids is 2. The van der Waals surface area contributed by atoms with Crippen LogP contribution in [0.25, 0.3) is 0 Å². The van der Waals surface area contributed by atoms with Crippen LogP contribution in [0.4, 0.5) is 18.9 Å². The van der Waals surface area contributed by atoms with Crippen LogP contribution in [0.3, 0.4) is 0 Å². The van der Waals surface area contributed by atoms with Gasteiger partial charge in [0.15, 0.2) is 0 Å². The lowest BCUT2D eigenvalue weighted by Gasteiger charge is -2.32. The number of benzene rings is 3. The van der Waals surface area contributed by atoms with Gasteiger partial charge in [0.25, 0.3) is 10.0 Å². The predicted molar refractivity (Wildman–Crippen MR) is 162 cm³/mol. The van der Waals surface area contributed by atoms with E-state index < -0.39 is 56.9 Å². The van der Waals surface area contributed by atoms with Gasteiger partial charge in [0.2, 0.25) is 11.8 Å². The topological polar surface area (TPSA) is 86.8 Å². The molecule has 0 saturated heterocycles. The van der Waals surface area contributed by atoms with E-state index >= 15 is 0 Å². The molecule has 14 heteroatoms. The molecule has 3 aromatic carbocycles. The molecule has 0 fully saturated rings. The summed E-state index contributed by atoms with van der Waals surface area (Å²) < 4.78 is 69.4. The number of sulfonamides is 1. The highest BCUT2D eigenvalue weighted by molar-refractivity contribution is 7.92. The third-order valence-corrected chi connectivity index (χ3v) is 9.38. The third kappa shape index (κ3) is 8.56. The number of anilines is 1. The molecule has 0 unspecified atom stereocenters. The lowest BCUT2D eigenvalue weighted by Crippen LogP contribution is -2.52. The van der Waals surface area contributed by atoms with Gasteiger partial charge < -0.3 is 10.2 Å². The van der Waals surface area contributed by atoms with Crippen molar-refractivity contribution in [3.05, 3.63) is 92.9 Å². The van der Waals surface area contributed by atoms with E-state index in [0.29, 0.717) is 27.4 Å². The van der Waals surface area contributed by atoms with Crippen molar-refractivity contribution >= 4 is 62.3 Å². The number of alkyl halides is 3. The SMILES string of the molecule is CC[C@H](C)NC(=O)[C@@H](C)N(Cc1ccc(Cl)cc1Cl)C(=O)CN(c1ccc(Cl)c(C(F)(F)F)c1)S(=O)(=O)c1ccccc1. The van der Waals surface area contributed by atoms with E-state index in [0.717, 1.165) is 17.0 Å². The maximum absolute atomic E-state index is 14.0. The molecule has 3 rings (SSSR count). The second-order valence-corrected chi connectivity index (χ2v) is 12.9. The highest BCUT2D eigenvalue weighted by atomic mass is 35.5. The average Bonchev–Trinajstić information content (AvgIpc) is 2.95. The highest BCUT2D eigenvalue weighted by Gasteiger charge is 2.37. The Kier molecular flexibility index (Phi) is 11.4. The minimum atomic E-state index is -4.90. The Labute approximate surface area is 263 Å². The molecule has 0 aliphatic rings. The monoisotopic (exact) mass is 677 g/mol. The van der Waals surface area contributed by atoms with Crippen LogP contribution in [0.1, 0.15) is 38.3 Å². The highest BCUT2D eigenvalue weighted by Crippen LogP contribution is 2.38. The maximum atomic E-state index is 14.0. The summed E-state index contributed by atoms with van der Waals surface area (Å²) in [6, 6.07) is 12.7. The zero-order chi connectivity index (χ0) is 32.1.